The van der Waals surface area contributed by atoms with Gasteiger partial charge in [0.15, 0.2) is 0 Å². The minimum Gasteiger partial charge on any atom is -0.465 e. The second kappa shape index (κ2) is 7.92. The molecule has 2 amide bonds. The Morgan fingerprint density at radius 1 is 1.22 bits per heavy atom. The molecule has 6 nitrogen and oxygen atoms in total. The summed E-state index contributed by atoms with van der Waals surface area (Å²) < 4.78 is 0. The van der Waals surface area contributed by atoms with Crippen LogP contribution in [0.2, 0.25) is 0 Å². The van der Waals surface area contributed by atoms with E-state index in [1.807, 2.05) is 0 Å². The van der Waals surface area contributed by atoms with Crippen molar-refractivity contribution in [3.8, 4) is 0 Å². The Balaban J connectivity index is 2.47. The molecule has 4 N–H and O–H groups in total. The molecule has 0 heterocycles. The van der Waals surface area contributed by atoms with E-state index in [1.54, 1.807) is 0 Å². The zero-order valence-electron chi connectivity index (χ0n) is 10.5. The second-order valence-corrected chi connectivity index (χ2v) is 4.76. The SMILES string of the molecule is O=C(O)NC(CC1CCCCC1)C(=O)NCCO. The van der Waals surface area contributed by atoms with Gasteiger partial charge in [-0.2, -0.15) is 0 Å². The molecule has 1 fully saturated rings. The van der Waals surface area contributed by atoms with E-state index in [0.717, 1.165) is 25.7 Å². The first-order chi connectivity index (χ1) is 8.63. The van der Waals surface area contributed by atoms with Crippen molar-refractivity contribution in [3.05, 3.63) is 0 Å². The van der Waals surface area contributed by atoms with Crippen molar-refractivity contribution in [2.24, 2.45) is 5.92 Å². The minimum atomic E-state index is -1.19. The van der Waals surface area contributed by atoms with Gasteiger partial charge in [-0.25, -0.2) is 4.79 Å². The van der Waals surface area contributed by atoms with Crippen LogP contribution in [0.3, 0.4) is 0 Å². The third-order valence-electron chi connectivity index (χ3n) is 3.32. The molecule has 0 aromatic heterocycles. The van der Waals surface area contributed by atoms with E-state index in [0.29, 0.717) is 12.3 Å². The normalized spacial score (nSPS) is 18.1. The molecule has 1 aliphatic carbocycles. The Morgan fingerprint density at radius 3 is 2.44 bits per heavy atom. The van der Waals surface area contributed by atoms with Gasteiger partial charge in [-0.05, 0) is 12.3 Å². The predicted octanol–water partition coefficient (Wildman–Crippen LogP) is 0.701. The van der Waals surface area contributed by atoms with Gasteiger partial charge < -0.3 is 20.8 Å². The van der Waals surface area contributed by atoms with Gasteiger partial charge in [0.2, 0.25) is 5.91 Å². The van der Waals surface area contributed by atoms with E-state index < -0.39 is 12.1 Å². The molecule has 0 aromatic carbocycles. The molecule has 0 bridgehead atoms. The van der Waals surface area contributed by atoms with Crippen LogP contribution >= 0.6 is 0 Å². The maximum atomic E-state index is 11.8. The topological polar surface area (TPSA) is 98.7 Å². The second-order valence-electron chi connectivity index (χ2n) is 4.76. The standard InChI is InChI=1S/C12H22N2O4/c15-7-6-13-11(16)10(14-12(17)18)8-9-4-2-1-3-5-9/h9-10,14-15H,1-8H2,(H,13,16)(H,17,18). The number of carboxylic acid groups (broad SMARTS) is 1. The third kappa shape index (κ3) is 5.35. The van der Waals surface area contributed by atoms with Crippen LogP contribution < -0.4 is 10.6 Å². The molecule has 6 heteroatoms. The van der Waals surface area contributed by atoms with Crippen molar-refractivity contribution < 1.29 is 19.8 Å². The highest BCUT2D eigenvalue weighted by atomic mass is 16.4. The van der Waals surface area contributed by atoms with E-state index in [9.17, 15) is 9.59 Å². The zero-order valence-corrected chi connectivity index (χ0v) is 10.5. The fraction of sp³-hybridized carbons (Fsp3) is 0.833. The number of carbonyl (C=O) groups excluding carboxylic acids is 1. The van der Waals surface area contributed by atoms with Crippen molar-refractivity contribution in [2.75, 3.05) is 13.2 Å². The van der Waals surface area contributed by atoms with Crippen LogP contribution in [-0.2, 0) is 4.79 Å². The number of carbonyl (C=O) groups is 2. The first-order valence-electron chi connectivity index (χ1n) is 6.51. The molecule has 0 aromatic rings. The highest BCUT2D eigenvalue weighted by Crippen LogP contribution is 2.27. The summed E-state index contributed by atoms with van der Waals surface area (Å²) in [4.78, 5) is 22.5. The lowest BCUT2D eigenvalue weighted by Gasteiger charge is -2.25. The predicted molar refractivity (Wildman–Crippen MR) is 66.2 cm³/mol. The Kier molecular flexibility index (Phi) is 6.49. The van der Waals surface area contributed by atoms with Crippen LogP contribution in [0.4, 0.5) is 4.79 Å². The molecule has 0 spiro atoms. The summed E-state index contributed by atoms with van der Waals surface area (Å²) in [5, 5.41) is 22.2. The fourth-order valence-electron chi connectivity index (χ4n) is 2.44. The number of rotatable bonds is 6. The smallest absolute Gasteiger partial charge is 0.405 e. The van der Waals surface area contributed by atoms with Crippen LogP contribution in [0, 0.1) is 5.92 Å². The lowest BCUT2D eigenvalue weighted by atomic mass is 9.84. The van der Waals surface area contributed by atoms with Crippen LogP contribution in [0.15, 0.2) is 0 Å². The number of nitrogens with one attached hydrogen (secondary N) is 2. The van der Waals surface area contributed by atoms with Crippen molar-refractivity contribution in [3.63, 3.8) is 0 Å². The highest BCUT2D eigenvalue weighted by Gasteiger charge is 2.25. The van der Waals surface area contributed by atoms with E-state index in [-0.39, 0.29) is 19.1 Å². The van der Waals surface area contributed by atoms with Gasteiger partial charge in [0, 0.05) is 6.54 Å². The highest BCUT2D eigenvalue weighted by molar-refractivity contribution is 5.85. The first-order valence-corrected chi connectivity index (χ1v) is 6.51. The lowest BCUT2D eigenvalue weighted by Crippen LogP contribution is -2.48. The summed E-state index contributed by atoms with van der Waals surface area (Å²) >= 11 is 0. The largest absolute Gasteiger partial charge is 0.465 e. The van der Waals surface area contributed by atoms with Gasteiger partial charge >= 0.3 is 6.09 Å². The van der Waals surface area contributed by atoms with Crippen molar-refractivity contribution in [1.29, 1.82) is 0 Å². The molecule has 0 saturated heterocycles. The average molecular weight is 258 g/mol. The molecule has 104 valence electrons. The average Bonchev–Trinajstić information content (AvgIpc) is 2.36. The maximum absolute atomic E-state index is 11.8. The molecule has 1 unspecified atom stereocenters. The Hall–Kier alpha value is -1.30. The lowest BCUT2D eigenvalue weighted by molar-refractivity contribution is -0.123. The van der Waals surface area contributed by atoms with Gasteiger partial charge in [-0.15, -0.1) is 0 Å². The molecule has 18 heavy (non-hydrogen) atoms. The molecule has 1 aliphatic rings. The van der Waals surface area contributed by atoms with Gasteiger partial charge in [0.1, 0.15) is 6.04 Å². The van der Waals surface area contributed by atoms with E-state index in [2.05, 4.69) is 10.6 Å². The van der Waals surface area contributed by atoms with Crippen molar-refractivity contribution >= 4 is 12.0 Å². The molecule has 1 atom stereocenters. The molecule has 0 radical (unpaired) electrons. The van der Waals surface area contributed by atoms with Crippen LogP contribution in [-0.4, -0.2) is 41.4 Å². The van der Waals surface area contributed by atoms with E-state index in [1.165, 1.54) is 6.42 Å². The van der Waals surface area contributed by atoms with Crippen LogP contribution in [0.1, 0.15) is 38.5 Å². The Bertz CT molecular complexity index is 277. The number of amides is 2. The third-order valence-corrected chi connectivity index (χ3v) is 3.32. The molecular weight excluding hydrogens is 236 g/mol. The molecule has 1 rings (SSSR count). The molecule has 1 saturated carbocycles. The summed E-state index contributed by atoms with van der Waals surface area (Å²) in [5.74, 6) is 0.0625. The summed E-state index contributed by atoms with van der Waals surface area (Å²) in [6.07, 6.45) is 5.02. The monoisotopic (exact) mass is 258 g/mol. The first kappa shape index (κ1) is 14.8. The number of aliphatic hydroxyl groups is 1. The summed E-state index contributed by atoms with van der Waals surface area (Å²) in [6, 6.07) is -0.711. The Labute approximate surface area is 107 Å². The zero-order chi connectivity index (χ0) is 13.4. The Morgan fingerprint density at radius 2 is 1.89 bits per heavy atom. The molecule has 0 aliphatic heterocycles. The fourth-order valence-corrected chi connectivity index (χ4v) is 2.44. The van der Waals surface area contributed by atoms with Gasteiger partial charge in [-0.3, -0.25) is 4.79 Å². The van der Waals surface area contributed by atoms with Gasteiger partial charge in [0.05, 0.1) is 6.61 Å². The summed E-state index contributed by atoms with van der Waals surface area (Å²) in [7, 11) is 0. The van der Waals surface area contributed by atoms with Gasteiger partial charge in [-0.1, -0.05) is 32.1 Å². The van der Waals surface area contributed by atoms with E-state index >= 15 is 0 Å². The number of aliphatic hydroxyl groups excluding tert-OH is 1. The summed E-state index contributed by atoms with van der Waals surface area (Å²) in [5.41, 5.74) is 0. The quantitative estimate of drug-likeness (QED) is 0.563. The van der Waals surface area contributed by atoms with Crippen molar-refractivity contribution in [1.82, 2.24) is 10.6 Å². The minimum absolute atomic E-state index is 0.144. The molecular formula is C12H22N2O4. The van der Waals surface area contributed by atoms with Crippen LogP contribution in [0.5, 0.6) is 0 Å². The van der Waals surface area contributed by atoms with Crippen LogP contribution in [0.25, 0.3) is 0 Å². The van der Waals surface area contributed by atoms with E-state index in [4.69, 9.17) is 10.2 Å². The maximum Gasteiger partial charge on any atom is 0.405 e. The number of hydrogen-bond acceptors (Lipinski definition) is 3. The van der Waals surface area contributed by atoms with Gasteiger partial charge in [0.25, 0.3) is 0 Å². The number of hydrogen-bond donors (Lipinski definition) is 4. The summed E-state index contributed by atoms with van der Waals surface area (Å²) in [6.45, 7) is 0.0102. The van der Waals surface area contributed by atoms with Crippen molar-refractivity contribution in [2.45, 2.75) is 44.6 Å².